The number of rotatable bonds is 8. The predicted octanol–water partition coefficient (Wildman–Crippen LogP) is 3.35. The van der Waals surface area contributed by atoms with E-state index in [2.05, 4.69) is 24.3 Å². The smallest absolute Gasteiger partial charge is 0.307 e. The molecule has 1 aromatic heterocycles. The summed E-state index contributed by atoms with van der Waals surface area (Å²) in [6, 6.07) is 7.00. The van der Waals surface area contributed by atoms with Gasteiger partial charge in [0.2, 0.25) is 5.91 Å². The number of benzene rings is 1. The van der Waals surface area contributed by atoms with Gasteiger partial charge in [0.25, 0.3) is 0 Å². The van der Waals surface area contributed by atoms with E-state index in [0.717, 1.165) is 23.5 Å². The largest absolute Gasteiger partial charge is 0.481 e. The minimum absolute atomic E-state index is 0.114. The van der Waals surface area contributed by atoms with E-state index in [-0.39, 0.29) is 12.3 Å². The minimum atomic E-state index is -0.921. The Bertz CT molecular complexity index is 794. The lowest BCUT2D eigenvalue weighted by atomic mass is 10.1. The first-order valence-corrected chi connectivity index (χ1v) is 8.90. The quantitative estimate of drug-likeness (QED) is 0.759. The van der Waals surface area contributed by atoms with Gasteiger partial charge in [-0.2, -0.15) is 5.10 Å². The zero-order chi connectivity index (χ0) is 19.3. The van der Waals surface area contributed by atoms with E-state index < -0.39 is 5.97 Å². The molecule has 0 atom stereocenters. The second kappa shape index (κ2) is 8.65. The van der Waals surface area contributed by atoms with Gasteiger partial charge in [0.1, 0.15) is 0 Å². The Kier molecular flexibility index (Phi) is 6.55. The molecule has 0 saturated heterocycles. The van der Waals surface area contributed by atoms with Gasteiger partial charge >= 0.3 is 5.97 Å². The van der Waals surface area contributed by atoms with Crippen molar-refractivity contribution in [1.82, 2.24) is 9.78 Å². The van der Waals surface area contributed by atoms with Crippen molar-refractivity contribution in [3.8, 4) is 0 Å². The van der Waals surface area contributed by atoms with Crippen LogP contribution in [0.3, 0.4) is 0 Å². The average Bonchev–Trinajstić information content (AvgIpc) is 2.80. The number of aryl methyl sites for hydroxylation is 1. The first-order valence-electron chi connectivity index (χ1n) is 8.90. The molecule has 6 heteroatoms. The van der Waals surface area contributed by atoms with Gasteiger partial charge < -0.3 is 10.4 Å². The van der Waals surface area contributed by atoms with Crippen LogP contribution in [-0.4, -0.2) is 26.8 Å². The summed E-state index contributed by atoms with van der Waals surface area (Å²) < 4.78 is 2.01. The van der Waals surface area contributed by atoms with Crippen LogP contribution < -0.4 is 5.32 Å². The van der Waals surface area contributed by atoms with E-state index in [1.165, 1.54) is 0 Å². The van der Waals surface area contributed by atoms with Gasteiger partial charge in [-0.3, -0.25) is 14.3 Å². The summed E-state index contributed by atoms with van der Waals surface area (Å²) in [6.45, 7) is 9.18. The molecule has 0 radical (unpaired) electrons. The fraction of sp³-hybridized carbons (Fsp3) is 0.450. The van der Waals surface area contributed by atoms with Crippen molar-refractivity contribution in [3.05, 3.63) is 46.8 Å². The first kappa shape index (κ1) is 19.7. The maximum absolute atomic E-state index is 12.3. The fourth-order valence-corrected chi connectivity index (χ4v) is 3.03. The van der Waals surface area contributed by atoms with Crippen LogP contribution in [0.2, 0.25) is 0 Å². The van der Waals surface area contributed by atoms with E-state index in [1.54, 1.807) is 24.3 Å². The number of carboxylic acid groups (broad SMARTS) is 1. The minimum Gasteiger partial charge on any atom is -0.481 e. The molecule has 0 aliphatic carbocycles. The van der Waals surface area contributed by atoms with E-state index >= 15 is 0 Å². The highest BCUT2D eigenvalue weighted by Gasteiger charge is 2.15. The molecule has 26 heavy (non-hydrogen) atoms. The first-order chi connectivity index (χ1) is 12.3. The van der Waals surface area contributed by atoms with Crippen LogP contribution >= 0.6 is 0 Å². The van der Waals surface area contributed by atoms with Gasteiger partial charge in [-0.25, -0.2) is 0 Å². The molecule has 0 saturated carbocycles. The zero-order valence-electron chi connectivity index (χ0n) is 15.9. The Morgan fingerprint density at radius 2 is 1.92 bits per heavy atom. The van der Waals surface area contributed by atoms with Crippen LogP contribution in [0.15, 0.2) is 24.3 Å². The lowest BCUT2D eigenvalue weighted by Gasteiger charge is -2.10. The summed E-state index contributed by atoms with van der Waals surface area (Å²) in [5.41, 5.74) is 4.34. The molecule has 2 rings (SSSR count). The van der Waals surface area contributed by atoms with E-state index in [9.17, 15) is 9.59 Å². The van der Waals surface area contributed by atoms with Gasteiger partial charge in [0.05, 0.1) is 12.1 Å². The second-order valence-electron chi connectivity index (χ2n) is 7.00. The Labute approximate surface area is 154 Å². The SMILES string of the molecule is Cc1nn(CC(C)C)c(C)c1CCC(=O)Nc1ccccc1CC(=O)O. The molecule has 0 bridgehead atoms. The second-order valence-corrected chi connectivity index (χ2v) is 7.00. The number of carbonyl (C=O) groups excluding carboxylic acids is 1. The predicted molar refractivity (Wildman–Crippen MR) is 101 cm³/mol. The molecule has 0 aliphatic rings. The van der Waals surface area contributed by atoms with Gasteiger partial charge in [0.15, 0.2) is 0 Å². The lowest BCUT2D eigenvalue weighted by Crippen LogP contribution is -2.15. The van der Waals surface area contributed by atoms with Gasteiger partial charge in [0, 0.05) is 24.3 Å². The Hall–Kier alpha value is -2.63. The molecule has 0 fully saturated rings. The van der Waals surface area contributed by atoms with Crippen molar-refractivity contribution in [2.45, 2.75) is 53.5 Å². The Morgan fingerprint density at radius 3 is 2.58 bits per heavy atom. The third-order valence-corrected chi connectivity index (χ3v) is 4.30. The van der Waals surface area contributed by atoms with Crippen molar-refractivity contribution in [2.75, 3.05) is 5.32 Å². The number of hydrogen-bond donors (Lipinski definition) is 2. The van der Waals surface area contributed by atoms with Crippen molar-refractivity contribution in [2.24, 2.45) is 5.92 Å². The standard InChI is InChI=1S/C20H27N3O3/c1-13(2)12-23-15(4)17(14(3)22-23)9-10-19(24)21-18-8-6-5-7-16(18)11-20(25)26/h5-8,13H,9-12H2,1-4H3,(H,21,24)(H,25,26). The molecule has 6 nitrogen and oxygen atoms in total. The summed E-state index contributed by atoms with van der Waals surface area (Å²) in [7, 11) is 0. The molecule has 0 unspecified atom stereocenters. The number of aromatic nitrogens is 2. The number of nitrogens with one attached hydrogen (secondary N) is 1. The third kappa shape index (κ3) is 5.18. The lowest BCUT2D eigenvalue weighted by molar-refractivity contribution is -0.136. The van der Waals surface area contributed by atoms with Gasteiger partial charge in [-0.15, -0.1) is 0 Å². The van der Waals surface area contributed by atoms with Crippen LogP contribution in [0.4, 0.5) is 5.69 Å². The van der Waals surface area contributed by atoms with Gasteiger partial charge in [-0.1, -0.05) is 32.0 Å². The summed E-state index contributed by atoms with van der Waals surface area (Å²) >= 11 is 0. The highest BCUT2D eigenvalue weighted by molar-refractivity contribution is 5.92. The normalized spacial score (nSPS) is 11.0. The number of amides is 1. The molecule has 1 amide bonds. The Morgan fingerprint density at radius 1 is 1.23 bits per heavy atom. The molecular weight excluding hydrogens is 330 g/mol. The van der Waals surface area contributed by atoms with Crippen molar-refractivity contribution >= 4 is 17.6 Å². The molecule has 0 spiro atoms. The zero-order valence-corrected chi connectivity index (χ0v) is 15.9. The van der Waals surface area contributed by atoms with E-state index in [0.29, 0.717) is 30.0 Å². The summed E-state index contributed by atoms with van der Waals surface area (Å²) in [5.74, 6) is -0.538. The third-order valence-electron chi connectivity index (χ3n) is 4.30. The number of aliphatic carboxylic acids is 1. The van der Waals surface area contributed by atoms with Crippen molar-refractivity contribution < 1.29 is 14.7 Å². The number of nitrogens with zero attached hydrogens (tertiary/aromatic N) is 2. The molecule has 0 aliphatic heterocycles. The Balaban J connectivity index is 2.02. The molecule has 2 N–H and O–H groups in total. The van der Waals surface area contributed by atoms with Crippen LogP contribution in [0.1, 0.15) is 42.8 Å². The molecule has 1 heterocycles. The number of para-hydroxylation sites is 1. The summed E-state index contributed by atoms with van der Waals surface area (Å²) in [5, 5.41) is 16.4. The number of carbonyl (C=O) groups is 2. The van der Waals surface area contributed by atoms with Crippen LogP contribution in [0.25, 0.3) is 0 Å². The van der Waals surface area contributed by atoms with Crippen molar-refractivity contribution in [1.29, 1.82) is 0 Å². The van der Waals surface area contributed by atoms with E-state index in [4.69, 9.17) is 5.11 Å². The maximum atomic E-state index is 12.3. The number of hydrogen-bond acceptors (Lipinski definition) is 3. The molecule has 140 valence electrons. The van der Waals surface area contributed by atoms with Crippen LogP contribution in [0, 0.1) is 19.8 Å². The highest BCUT2D eigenvalue weighted by atomic mass is 16.4. The summed E-state index contributed by atoms with van der Waals surface area (Å²) in [4.78, 5) is 23.3. The van der Waals surface area contributed by atoms with Crippen molar-refractivity contribution in [3.63, 3.8) is 0 Å². The monoisotopic (exact) mass is 357 g/mol. The number of anilines is 1. The van der Waals surface area contributed by atoms with Crippen LogP contribution in [0.5, 0.6) is 0 Å². The van der Waals surface area contributed by atoms with E-state index in [1.807, 2.05) is 18.5 Å². The average molecular weight is 357 g/mol. The van der Waals surface area contributed by atoms with Crippen LogP contribution in [-0.2, 0) is 29.0 Å². The number of carboxylic acids is 1. The van der Waals surface area contributed by atoms with Gasteiger partial charge in [-0.05, 0) is 43.4 Å². The summed E-state index contributed by atoms with van der Waals surface area (Å²) in [6.07, 6.45) is 0.829. The maximum Gasteiger partial charge on any atom is 0.307 e. The topological polar surface area (TPSA) is 84.2 Å². The molecule has 1 aromatic carbocycles. The molecule has 2 aromatic rings. The highest BCUT2D eigenvalue weighted by Crippen LogP contribution is 2.19. The fourth-order valence-electron chi connectivity index (χ4n) is 3.03. The molecular formula is C20H27N3O3.